The normalized spacial score (nSPS) is 22.8. The highest BCUT2D eigenvalue weighted by molar-refractivity contribution is 5.89. The van der Waals surface area contributed by atoms with Crippen molar-refractivity contribution >= 4 is 17.4 Å². The zero-order valence-electron chi connectivity index (χ0n) is 19.2. The van der Waals surface area contributed by atoms with Crippen LogP contribution in [0, 0.1) is 11.3 Å². The molecule has 2 aliphatic rings. The van der Waals surface area contributed by atoms with Gasteiger partial charge in [-0.1, -0.05) is 12.8 Å². The summed E-state index contributed by atoms with van der Waals surface area (Å²) in [6.45, 7) is 1.97. The van der Waals surface area contributed by atoms with E-state index in [-0.39, 0.29) is 18.1 Å². The molecule has 1 saturated heterocycles. The predicted octanol–water partition coefficient (Wildman–Crippen LogP) is 4.26. The second-order valence-corrected chi connectivity index (χ2v) is 8.93. The average Bonchev–Trinajstić information content (AvgIpc) is 2.86. The van der Waals surface area contributed by atoms with Crippen molar-refractivity contribution in [2.45, 2.75) is 56.7 Å². The average molecular weight is 448 g/mol. The molecule has 1 saturated carbocycles. The van der Waals surface area contributed by atoms with Crippen LogP contribution in [0.2, 0.25) is 0 Å². The lowest BCUT2D eigenvalue weighted by molar-refractivity contribution is 0.226. The van der Waals surface area contributed by atoms with Crippen molar-refractivity contribution in [1.82, 2.24) is 10.6 Å². The van der Waals surface area contributed by atoms with Crippen LogP contribution in [0.25, 0.3) is 0 Å². The molecule has 3 N–H and O–H groups in total. The highest BCUT2D eigenvalue weighted by atomic mass is 16.5. The fourth-order valence-electron chi connectivity index (χ4n) is 4.91. The summed E-state index contributed by atoms with van der Waals surface area (Å²) in [5, 5.41) is 19.0. The topological polar surface area (TPSA) is 89.4 Å². The van der Waals surface area contributed by atoms with Crippen molar-refractivity contribution in [2.24, 2.45) is 0 Å². The molecule has 1 unspecified atom stereocenters. The first-order valence-corrected chi connectivity index (χ1v) is 11.9. The van der Waals surface area contributed by atoms with E-state index >= 15 is 0 Å². The third-order valence-electron chi connectivity index (χ3n) is 6.66. The molecule has 4 rings (SSSR count). The van der Waals surface area contributed by atoms with Crippen LogP contribution >= 0.6 is 0 Å². The lowest BCUT2D eigenvalue weighted by Crippen LogP contribution is -2.57. The fraction of sp³-hybridized carbons (Fsp3) is 0.462. The smallest absolute Gasteiger partial charge is 0.319 e. The van der Waals surface area contributed by atoms with Gasteiger partial charge in [-0.25, -0.2) is 4.79 Å². The number of hydrogen-bond acceptors (Lipinski definition) is 5. The van der Waals surface area contributed by atoms with Crippen LogP contribution in [0.4, 0.5) is 16.2 Å². The van der Waals surface area contributed by atoms with Gasteiger partial charge in [-0.15, -0.1) is 0 Å². The second kappa shape index (κ2) is 11.1. The summed E-state index contributed by atoms with van der Waals surface area (Å²) in [5.41, 5.74) is 2.60. The molecule has 0 radical (unpaired) electrons. The molecule has 7 nitrogen and oxygen atoms in total. The zero-order chi connectivity index (χ0) is 23.0. The number of nitrogens with one attached hydrogen (secondary N) is 3. The first kappa shape index (κ1) is 22.9. The molecule has 0 aromatic heterocycles. The molecule has 1 aliphatic heterocycles. The first-order chi connectivity index (χ1) is 16.1. The molecule has 1 aliphatic carbocycles. The molecule has 2 fully saturated rings. The van der Waals surface area contributed by atoms with Crippen molar-refractivity contribution in [3.63, 3.8) is 0 Å². The molecule has 3 atom stereocenters. The van der Waals surface area contributed by atoms with Crippen LogP contribution in [0.3, 0.4) is 0 Å². The monoisotopic (exact) mass is 447 g/mol. The van der Waals surface area contributed by atoms with E-state index in [2.05, 4.69) is 26.9 Å². The third kappa shape index (κ3) is 6.17. The molecule has 33 heavy (non-hydrogen) atoms. The van der Waals surface area contributed by atoms with Gasteiger partial charge in [0.15, 0.2) is 0 Å². The maximum absolute atomic E-state index is 12.6. The van der Waals surface area contributed by atoms with Gasteiger partial charge in [0.2, 0.25) is 0 Å². The van der Waals surface area contributed by atoms with Gasteiger partial charge in [0.25, 0.3) is 0 Å². The Balaban J connectivity index is 1.32. The summed E-state index contributed by atoms with van der Waals surface area (Å²) >= 11 is 0. The third-order valence-corrected chi connectivity index (χ3v) is 6.66. The van der Waals surface area contributed by atoms with E-state index in [0.717, 1.165) is 62.3 Å². The number of rotatable bonds is 6. The zero-order valence-corrected chi connectivity index (χ0v) is 19.2. The molecule has 0 spiro atoms. The van der Waals surface area contributed by atoms with Crippen molar-refractivity contribution in [3.8, 4) is 11.8 Å². The number of urea groups is 1. The molecular formula is C26H33N5O2. The van der Waals surface area contributed by atoms with Gasteiger partial charge >= 0.3 is 6.03 Å². The van der Waals surface area contributed by atoms with E-state index < -0.39 is 0 Å². The van der Waals surface area contributed by atoms with E-state index in [1.165, 1.54) is 6.42 Å². The number of carbonyl (C=O) groups is 1. The molecule has 2 aromatic carbocycles. The summed E-state index contributed by atoms with van der Waals surface area (Å²) in [6, 6.07) is 18.0. The Hall–Kier alpha value is -3.24. The van der Waals surface area contributed by atoms with Crippen LogP contribution in [0.1, 0.15) is 44.1 Å². The molecule has 7 heteroatoms. The highest BCUT2D eigenvalue weighted by Gasteiger charge is 2.30. The number of amides is 2. The molecular weight excluding hydrogens is 414 g/mol. The first-order valence-electron chi connectivity index (χ1n) is 11.9. The van der Waals surface area contributed by atoms with Crippen molar-refractivity contribution in [2.75, 3.05) is 30.4 Å². The van der Waals surface area contributed by atoms with Crippen molar-refractivity contribution in [1.29, 1.82) is 5.26 Å². The fourth-order valence-corrected chi connectivity index (χ4v) is 4.91. The van der Waals surface area contributed by atoms with Gasteiger partial charge < -0.3 is 25.6 Å². The van der Waals surface area contributed by atoms with Crippen LogP contribution in [0.15, 0.2) is 48.5 Å². The van der Waals surface area contributed by atoms with E-state index in [4.69, 9.17) is 10.00 Å². The van der Waals surface area contributed by atoms with E-state index in [0.29, 0.717) is 11.6 Å². The maximum atomic E-state index is 12.6. The summed E-state index contributed by atoms with van der Waals surface area (Å²) in [5.74, 6) is 0.764. The summed E-state index contributed by atoms with van der Waals surface area (Å²) in [7, 11) is 1.63. The van der Waals surface area contributed by atoms with Crippen LogP contribution < -0.4 is 25.6 Å². The predicted molar refractivity (Wildman–Crippen MR) is 131 cm³/mol. The lowest BCUT2D eigenvalue weighted by atomic mass is 9.89. The van der Waals surface area contributed by atoms with Gasteiger partial charge in [-0.2, -0.15) is 5.26 Å². The minimum Gasteiger partial charge on any atom is -0.497 e. The highest BCUT2D eigenvalue weighted by Crippen LogP contribution is 2.24. The SMILES string of the molecule is COc1ccc(NC(=O)N[C@@H]2CCCC[C@H]2NC2CCCN(c3ccc(C#N)cc3)C2)cc1. The van der Waals surface area contributed by atoms with E-state index in [9.17, 15) is 4.79 Å². The minimum absolute atomic E-state index is 0.113. The number of nitrogens with zero attached hydrogens (tertiary/aromatic N) is 2. The number of benzene rings is 2. The summed E-state index contributed by atoms with van der Waals surface area (Å²) < 4.78 is 5.18. The van der Waals surface area contributed by atoms with E-state index in [1.54, 1.807) is 7.11 Å². The second-order valence-electron chi connectivity index (χ2n) is 8.93. The molecule has 2 amide bonds. The standard InChI is InChI=1S/C26H33N5O2/c1-33-23-14-10-20(11-15-23)29-26(32)30-25-7-3-2-6-24(25)28-21-5-4-16-31(18-21)22-12-8-19(17-27)9-13-22/h8-15,21,24-25,28H,2-7,16,18H2,1H3,(H2,29,30,32)/t21?,24-,25-/m1/s1. The Morgan fingerprint density at radius 3 is 2.42 bits per heavy atom. The number of nitriles is 1. The Labute approximate surface area is 196 Å². The Morgan fingerprint density at radius 2 is 1.73 bits per heavy atom. The quantitative estimate of drug-likeness (QED) is 0.616. The maximum Gasteiger partial charge on any atom is 0.319 e. The lowest BCUT2D eigenvalue weighted by Gasteiger charge is -2.40. The largest absolute Gasteiger partial charge is 0.497 e. The van der Waals surface area contributed by atoms with Gasteiger partial charge in [0.05, 0.1) is 18.7 Å². The number of carbonyl (C=O) groups excluding carboxylic acids is 1. The van der Waals surface area contributed by atoms with Crippen molar-refractivity contribution in [3.05, 3.63) is 54.1 Å². The summed E-state index contributed by atoms with van der Waals surface area (Å²) in [4.78, 5) is 15.0. The van der Waals surface area contributed by atoms with E-state index in [1.807, 2.05) is 48.5 Å². The molecule has 0 bridgehead atoms. The van der Waals surface area contributed by atoms with Gasteiger partial charge in [-0.3, -0.25) is 0 Å². The van der Waals surface area contributed by atoms with Gasteiger partial charge in [-0.05, 0) is 74.2 Å². The van der Waals surface area contributed by atoms with Gasteiger partial charge in [0.1, 0.15) is 5.75 Å². The van der Waals surface area contributed by atoms with Crippen LogP contribution in [-0.2, 0) is 0 Å². The number of methoxy groups -OCH3 is 1. The van der Waals surface area contributed by atoms with Crippen LogP contribution in [-0.4, -0.2) is 44.4 Å². The Bertz CT molecular complexity index is 954. The Kier molecular flexibility index (Phi) is 7.69. The van der Waals surface area contributed by atoms with Crippen molar-refractivity contribution < 1.29 is 9.53 Å². The number of hydrogen-bond donors (Lipinski definition) is 3. The van der Waals surface area contributed by atoms with Gasteiger partial charge in [0, 0.05) is 42.6 Å². The van der Waals surface area contributed by atoms with Crippen LogP contribution in [0.5, 0.6) is 5.75 Å². The molecule has 1 heterocycles. The number of anilines is 2. The Morgan fingerprint density at radius 1 is 1.00 bits per heavy atom. The number of piperidine rings is 1. The summed E-state index contributed by atoms with van der Waals surface area (Å²) in [6.07, 6.45) is 6.63. The number of ether oxygens (including phenoxy) is 1. The molecule has 2 aromatic rings. The minimum atomic E-state index is -0.165. The molecule has 174 valence electrons.